The van der Waals surface area contributed by atoms with Crippen LogP contribution in [0.25, 0.3) is 0 Å². The highest BCUT2D eigenvalue weighted by Crippen LogP contribution is 2.25. The molecule has 1 fully saturated rings. The van der Waals surface area contributed by atoms with E-state index in [0.717, 1.165) is 19.3 Å². The van der Waals surface area contributed by atoms with Crippen LogP contribution in [0.5, 0.6) is 17.4 Å². The molecule has 0 spiro atoms. The van der Waals surface area contributed by atoms with Gasteiger partial charge in [0.2, 0.25) is 5.88 Å². The van der Waals surface area contributed by atoms with Gasteiger partial charge >= 0.3 is 0 Å². The molecule has 2 heterocycles. The van der Waals surface area contributed by atoms with Crippen molar-refractivity contribution < 1.29 is 14.3 Å². The Bertz CT molecular complexity index is 701. The molecule has 1 unspecified atom stereocenters. The number of benzene rings is 1. The van der Waals surface area contributed by atoms with Crippen LogP contribution in [-0.4, -0.2) is 28.5 Å². The van der Waals surface area contributed by atoms with Gasteiger partial charge in [-0.15, -0.1) is 0 Å². The number of ether oxygens (including phenoxy) is 2. The van der Waals surface area contributed by atoms with Gasteiger partial charge in [0.1, 0.15) is 22.5 Å². The lowest BCUT2D eigenvalue weighted by Gasteiger charge is -2.16. The molecule has 6 nitrogen and oxygen atoms in total. The first-order valence-corrected chi connectivity index (χ1v) is 8.21. The summed E-state index contributed by atoms with van der Waals surface area (Å²) in [7, 11) is 0. The molecule has 126 valence electrons. The second-order valence-corrected chi connectivity index (χ2v) is 5.93. The number of carbonyl (C=O) groups is 1. The van der Waals surface area contributed by atoms with Crippen molar-refractivity contribution in [2.24, 2.45) is 0 Å². The summed E-state index contributed by atoms with van der Waals surface area (Å²) >= 11 is 5.89. The smallest absolute Gasteiger partial charge is 0.261 e. The molecule has 3 rings (SSSR count). The van der Waals surface area contributed by atoms with Crippen molar-refractivity contribution in [1.82, 2.24) is 15.3 Å². The first-order chi connectivity index (χ1) is 11.6. The zero-order valence-corrected chi connectivity index (χ0v) is 14.0. The van der Waals surface area contributed by atoms with Crippen LogP contribution in [0.2, 0.25) is 5.15 Å². The SMILES string of the molecule is Cc1nc(Cl)cc(Oc2ccc(OC3CCCCNC3=O)cc2)n1. The van der Waals surface area contributed by atoms with Crippen LogP contribution >= 0.6 is 11.6 Å². The molecule has 1 atom stereocenters. The number of nitrogens with one attached hydrogen (secondary N) is 1. The normalized spacial score (nSPS) is 17.8. The maximum atomic E-state index is 11.9. The quantitative estimate of drug-likeness (QED) is 0.859. The number of aryl methyl sites for hydroxylation is 1. The predicted octanol–water partition coefficient (Wildman–Crippen LogP) is 3.28. The molecule has 24 heavy (non-hydrogen) atoms. The molecule has 1 aliphatic rings. The van der Waals surface area contributed by atoms with Crippen molar-refractivity contribution in [2.75, 3.05) is 6.54 Å². The number of rotatable bonds is 4. The van der Waals surface area contributed by atoms with Gasteiger partial charge in [-0.3, -0.25) is 4.79 Å². The van der Waals surface area contributed by atoms with E-state index in [9.17, 15) is 4.79 Å². The average Bonchev–Trinajstić information content (AvgIpc) is 2.73. The monoisotopic (exact) mass is 347 g/mol. The second kappa shape index (κ2) is 7.49. The van der Waals surface area contributed by atoms with Gasteiger partial charge in [0.05, 0.1) is 0 Å². The highest BCUT2D eigenvalue weighted by Gasteiger charge is 2.22. The van der Waals surface area contributed by atoms with Gasteiger partial charge in [-0.05, 0) is 50.5 Å². The number of aromatic nitrogens is 2. The van der Waals surface area contributed by atoms with Gasteiger partial charge in [0.15, 0.2) is 6.10 Å². The van der Waals surface area contributed by atoms with E-state index in [1.165, 1.54) is 0 Å². The van der Waals surface area contributed by atoms with Crippen LogP contribution < -0.4 is 14.8 Å². The predicted molar refractivity (Wildman–Crippen MR) is 89.6 cm³/mol. The molecule has 0 aliphatic carbocycles. The Labute approximate surface area is 145 Å². The fourth-order valence-corrected chi connectivity index (χ4v) is 2.67. The van der Waals surface area contributed by atoms with Gasteiger partial charge in [-0.2, -0.15) is 4.98 Å². The first kappa shape index (κ1) is 16.5. The van der Waals surface area contributed by atoms with Gasteiger partial charge in [-0.1, -0.05) is 11.6 Å². The molecular weight excluding hydrogens is 330 g/mol. The summed E-state index contributed by atoms with van der Waals surface area (Å²) in [4.78, 5) is 20.1. The summed E-state index contributed by atoms with van der Waals surface area (Å²) in [5.41, 5.74) is 0. The zero-order chi connectivity index (χ0) is 16.9. The van der Waals surface area contributed by atoms with E-state index in [1.807, 2.05) is 0 Å². The number of amides is 1. The third-order valence-corrected chi connectivity index (χ3v) is 3.79. The van der Waals surface area contributed by atoms with Crippen molar-refractivity contribution in [1.29, 1.82) is 0 Å². The van der Waals surface area contributed by atoms with Gasteiger partial charge in [-0.25, -0.2) is 4.98 Å². The Hall–Kier alpha value is -2.34. The Balaban J connectivity index is 1.65. The van der Waals surface area contributed by atoms with E-state index < -0.39 is 6.10 Å². The molecule has 0 bridgehead atoms. The lowest BCUT2D eigenvalue weighted by Crippen LogP contribution is -2.36. The Morgan fingerprint density at radius 1 is 1.17 bits per heavy atom. The average molecular weight is 348 g/mol. The second-order valence-electron chi connectivity index (χ2n) is 5.54. The van der Waals surface area contributed by atoms with Gasteiger partial charge in [0.25, 0.3) is 5.91 Å². The third-order valence-electron chi connectivity index (χ3n) is 3.59. The number of hydrogen-bond donors (Lipinski definition) is 1. The highest BCUT2D eigenvalue weighted by molar-refractivity contribution is 6.29. The summed E-state index contributed by atoms with van der Waals surface area (Å²) in [6, 6.07) is 8.60. The summed E-state index contributed by atoms with van der Waals surface area (Å²) < 4.78 is 11.4. The molecule has 0 saturated carbocycles. The first-order valence-electron chi connectivity index (χ1n) is 7.83. The molecule has 1 aromatic carbocycles. The molecule has 0 radical (unpaired) electrons. The van der Waals surface area contributed by atoms with Crippen molar-refractivity contribution in [3.63, 3.8) is 0 Å². The topological polar surface area (TPSA) is 73.3 Å². The van der Waals surface area contributed by atoms with E-state index in [0.29, 0.717) is 34.9 Å². The lowest BCUT2D eigenvalue weighted by molar-refractivity contribution is -0.127. The van der Waals surface area contributed by atoms with Crippen LogP contribution in [0, 0.1) is 6.92 Å². The number of carbonyl (C=O) groups excluding carboxylic acids is 1. The Morgan fingerprint density at radius 2 is 1.92 bits per heavy atom. The summed E-state index contributed by atoms with van der Waals surface area (Å²) in [6.45, 7) is 2.46. The summed E-state index contributed by atoms with van der Waals surface area (Å²) in [5.74, 6) is 2.09. The van der Waals surface area contributed by atoms with Gasteiger partial charge < -0.3 is 14.8 Å². The fourth-order valence-electron chi connectivity index (χ4n) is 2.45. The lowest BCUT2D eigenvalue weighted by atomic mass is 10.2. The molecule has 2 aromatic rings. The fraction of sp³-hybridized carbons (Fsp3) is 0.353. The van der Waals surface area contributed by atoms with Gasteiger partial charge in [0, 0.05) is 12.6 Å². The third kappa shape index (κ3) is 4.35. The minimum atomic E-state index is -0.442. The molecule has 1 aromatic heterocycles. The molecule has 1 aliphatic heterocycles. The number of halogens is 1. The van der Waals surface area contributed by atoms with E-state index in [4.69, 9.17) is 21.1 Å². The summed E-state index contributed by atoms with van der Waals surface area (Å²) in [5, 5.41) is 3.18. The van der Waals surface area contributed by atoms with Crippen LogP contribution in [0.3, 0.4) is 0 Å². The molecular formula is C17H18ClN3O3. The summed E-state index contributed by atoms with van der Waals surface area (Å²) in [6.07, 6.45) is 2.24. The zero-order valence-electron chi connectivity index (χ0n) is 13.3. The maximum Gasteiger partial charge on any atom is 0.261 e. The van der Waals surface area contributed by atoms with Crippen LogP contribution in [-0.2, 0) is 4.79 Å². The molecule has 1 saturated heterocycles. The number of hydrogen-bond acceptors (Lipinski definition) is 5. The van der Waals surface area contributed by atoms with Crippen molar-refractivity contribution in [2.45, 2.75) is 32.3 Å². The standard InChI is InChI=1S/C17H18ClN3O3/c1-11-20-15(18)10-16(21-11)24-13-7-5-12(6-8-13)23-14-4-2-3-9-19-17(14)22/h5-8,10,14H,2-4,9H2,1H3,(H,19,22). The Morgan fingerprint density at radius 3 is 2.67 bits per heavy atom. The molecule has 1 amide bonds. The van der Waals surface area contributed by atoms with E-state index >= 15 is 0 Å². The van der Waals surface area contributed by atoms with E-state index in [-0.39, 0.29) is 5.91 Å². The van der Waals surface area contributed by atoms with Crippen molar-refractivity contribution in [3.8, 4) is 17.4 Å². The number of nitrogens with zero attached hydrogens (tertiary/aromatic N) is 2. The van der Waals surface area contributed by atoms with Crippen molar-refractivity contribution >= 4 is 17.5 Å². The minimum absolute atomic E-state index is 0.0565. The van der Waals surface area contributed by atoms with E-state index in [1.54, 1.807) is 37.3 Å². The molecule has 1 N–H and O–H groups in total. The van der Waals surface area contributed by atoms with Crippen LogP contribution in [0.15, 0.2) is 30.3 Å². The highest BCUT2D eigenvalue weighted by atomic mass is 35.5. The van der Waals surface area contributed by atoms with Crippen molar-refractivity contribution in [3.05, 3.63) is 41.3 Å². The minimum Gasteiger partial charge on any atom is -0.481 e. The maximum absolute atomic E-state index is 11.9. The molecule has 7 heteroatoms. The van der Waals surface area contributed by atoms with Crippen LogP contribution in [0.1, 0.15) is 25.1 Å². The van der Waals surface area contributed by atoms with E-state index in [2.05, 4.69) is 15.3 Å². The van der Waals surface area contributed by atoms with Crippen LogP contribution in [0.4, 0.5) is 0 Å². The Kier molecular flexibility index (Phi) is 5.15. The largest absolute Gasteiger partial charge is 0.481 e.